The first-order chi connectivity index (χ1) is 7.97. The summed E-state index contributed by atoms with van der Waals surface area (Å²) in [6, 6.07) is 11.1. The molecule has 17 heavy (non-hydrogen) atoms. The average Bonchev–Trinajstić information content (AvgIpc) is 2.29. The van der Waals surface area contributed by atoms with Crippen molar-refractivity contribution in [3.63, 3.8) is 0 Å². The maximum Gasteiger partial charge on any atom is 0.416 e. The van der Waals surface area contributed by atoms with Crippen molar-refractivity contribution >= 4 is 0 Å². The second-order valence-electron chi connectivity index (χ2n) is 3.50. The van der Waals surface area contributed by atoms with Gasteiger partial charge in [0.15, 0.2) is 0 Å². The van der Waals surface area contributed by atoms with E-state index in [4.69, 9.17) is 0 Å². The van der Waals surface area contributed by atoms with Gasteiger partial charge in [-0.1, -0.05) is 18.2 Å². The van der Waals surface area contributed by atoms with Gasteiger partial charge in [0.1, 0.15) is 5.82 Å². The highest BCUT2D eigenvalue weighted by molar-refractivity contribution is 5.64. The molecular formula is C13H7F4. The summed E-state index contributed by atoms with van der Waals surface area (Å²) in [7, 11) is 0. The summed E-state index contributed by atoms with van der Waals surface area (Å²) >= 11 is 0. The lowest BCUT2D eigenvalue weighted by molar-refractivity contribution is -0.137. The van der Waals surface area contributed by atoms with Crippen LogP contribution in [0.15, 0.2) is 42.5 Å². The Balaban J connectivity index is 2.43. The van der Waals surface area contributed by atoms with Gasteiger partial charge in [0, 0.05) is 6.07 Å². The highest BCUT2D eigenvalue weighted by Gasteiger charge is 2.30. The molecule has 4 heteroatoms. The predicted molar refractivity (Wildman–Crippen MR) is 55.7 cm³/mol. The van der Waals surface area contributed by atoms with E-state index in [1.165, 1.54) is 24.3 Å². The van der Waals surface area contributed by atoms with Gasteiger partial charge >= 0.3 is 6.18 Å². The molecule has 0 N–H and O–H groups in total. The Hall–Kier alpha value is -1.84. The van der Waals surface area contributed by atoms with Crippen LogP contribution < -0.4 is 0 Å². The second-order valence-corrected chi connectivity index (χ2v) is 3.50. The summed E-state index contributed by atoms with van der Waals surface area (Å²) in [5, 5.41) is 0. The van der Waals surface area contributed by atoms with Gasteiger partial charge in [-0.15, -0.1) is 0 Å². The molecule has 0 amide bonds. The third-order valence-electron chi connectivity index (χ3n) is 2.30. The van der Waals surface area contributed by atoms with Crippen molar-refractivity contribution in [2.24, 2.45) is 0 Å². The zero-order valence-corrected chi connectivity index (χ0v) is 8.55. The molecule has 2 rings (SSSR count). The van der Waals surface area contributed by atoms with Crippen LogP contribution in [-0.4, -0.2) is 0 Å². The third kappa shape index (κ3) is 2.64. The molecule has 0 aliphatic carbocycles. The Labute approximate surface area is 95.5 Å². The van der Waals surface area contributed by atoms with Gasteiger partial charge in [-0.05, 0) is 35.4 Å². The zero-order chi connectivity index (χ0) is 12.5. The van der Waals surface area contributed by atoms with Crippen LogP contribution in [0.3, 0.4) is 0 Å². The molecule has 0 atom stereocenters. The summed E-state index contributed by atoms with van der Waals surface area (Å²) in [5.41, 5.74) is 0.160. The van der Waals surface area contributed by atoms with E-state index in [1.807, 2.05) is 0 Å². The van der Waals surface area contributed by atoms with Crippen molar-refractivity contribution in [2.45, 2.75) is 6.18 Å². The van der Waals surface area contributed by atoms with Crippen molar-refractivity contribution in [2.75, 3.05) is 0 Å². The van der Waals surface area contributed by atoms with Crippen LogP contribution >= 0.6 is 0 Å². The van der Waals surface area contributed by atoms with Crippen molar-refractivity contribution in [1.82, 2.24) is 0 Å². The first kappa shape index (κ1) is 11.6. The quantitative estimate of drug-likeness (QED) is 0.650. The molecule has 87 valence electrons. The predicted octanol–water partition coefficient (Wildman–Crippen LogP) is 4.31. The van der Waals surface area contributed by atoms with E-state index in [2.05, 4.69) is 6.07 Å². The molecule has 0 bridgehead atoms. The summed E-state index contributed by atoms with van der Waals surface area (Å²) in [6.45, 7) is 0. The number of rotatable bonds is 1. The fraction of sp³-hybridized carbons (Fsp3) is 0.0769. The first-order valence-corrected chi connectivity index (χ1v) is 4.82. The molecule has 0 aliphatic rings. The topological polar surface area (TPSA) is 0 Å². The van der Waals surface area contributed by atoms with Gasteiger partial charge in [-0.2, -0.15) is 13.2 Å². The van der Waals surface area contributed by atoms with E-state index in [9.17, 15) is 17.6 Å². The van der Waals surface area contributed by atoms with Crippen molar-refractivity contribution in [1.29, 1.82) is 0 Å². The van der Waals surface area contributed by atoms with E-state index in [0.29, 0.717) is 11.1 Å². The SMILES string of the molecule is Fc1[c]cc(-c2cccc(C(F)(F)F)c2)cc1. The van der Waals surface area contributed by atoms with Gasteiger partial charge < -0.3 is 0 Å². The second kappa shape index (κ2) is 4.20. The Kier molecular flexibility index (Phi) is 2.88. The first-order valence-electron chi connectivity index (χ1n) is 4.82. The number of alkyl halides is 3. The molecule has 0 aliphatic heterocycles. The fourth-order valence-electron chi connectivity index (χ4n) is 1.46. The lowest BCUT2D eigenvalue weighted by Gasteiger charge is -2.08. The molecule has 0 spiro atoms. The van der Waals surface area contributed by atoms with Gasteiger partial charge in [0.05, 0.1) is 5.56 Å². The lowest BCUT2D eigenvalue weighted by atomic mass is 10.0. The number of halogens is 4. The van der Waals surface area contributed by atoms with Crippen molar-refractivity contribution < 1.29 is 17.6 Å². The minimum absolute atomic E-state index is 0.385. The number of hydrogen-bond donors (Lipinski definition) is 0. The molecule has 0 aromatic heterocycles. The number of hydrogen-bond acceptors (Lipinski definition) is 0. The largest absolute Gasteiger partial charge is 0.416 e. The Morgan fingerprint density at radius 2 is 1.71 bits per heavy atom. The van der Waals surface area contributed by atoms with Crippen LogP contribution in [0.1, 0.15) is 5.56 Å². The molecule has 2 aromatic carbocycles. The summed E-state index contributed by atoms with van der Waals surface area (Å²) in [4.78, 5) is 0. The lowest BCUT2D eigenvalue weighted by Crippen LogP contribution is -2.04. The summed E-state index contributed by atoms with van der Waals surface area (Å²) in [5.74, 6) is -0.541. The maximum atomic E-state index is 12.6. The smallest absolute Gasteiger partial charge is 0.206 e. The maximum absolute atomic E-state index is 12.6. The van der Waals surface area contributed by atoms with Crippen molar-refractivity contribution in [3.8, 4) is 11.1 Å². The summed E-state index contributed by atoms with van der Waals surface area (Å²) < 4.78 is 50.1. The van der Waals surface area contributed by atoms with Crippen LogP contribution in [0.4, 0.5) is 17.6 Å². The van der Waals surface area contributed by atoms with E-state index in [0.717, 1.165) is 18.2 Å². The minimum Gasteiger partial charge on any atom is -0.206 e. The molecule has 0 nitrogen and oxygen atoms in total. The van der Waals surface area contributed by atoms with Crippen LogP contribution in [0.25, 0.3) is 11.1 Å². The van der Waals surface area contributed by atoms with E-state index >= 15 is 0 Å². The van der Waals surface area contributed by atoms with Crippen LogP contribution in [-0.2, 0) is 6.18 Å². The molecule has 1 radical (unpaired) electrons. The van der Waals surface area contributed by atoms with Gasteiger partial charge in [-0.3, -0.25) is 0 Å². The highest BCUT2D eigenvalue weighted by atomic mass is 19.4. The Bertz CT molecular complexity index is 512. The third-order valence-corrected chi connectivity index (χ3v) is 2.30. The monoisotopic (exact) mass is 239 g/mol. The van der Waals surface area contributed by atoms with Gasteiger partial charge in [-0.25, -0.2) is 4.39 Å². The zero-order valence-electron chi connectivity index (χ0n) is 8.55. The normalized spacial score (nSPS) is 11.5. The Morgan fingerprint density at radius 1 is 0.941 bits per heavy atom. The standard InChI is InChI=1S/C13H7F4/c14-12-6-4-9(5-7-12)10-2-1-3-11(8-10)13(15,16)17/h1-6,8H. The molecule has 0 heterocycles. The van der Waals surface area contributed by atoms with Gasteiger partial charge in [0.2, 0.25) is 0 Å². The average molecular weight is 239 g/mol. The molecular weight excluding hydrogens is 232 g/mol. The van der Waals surface area contributed by atoms with Crippen LogP contribution in [0, 0.1) is 11.9 Å². The fourth-order valence-corrected chi connectivity index (χ4v) is 1.46. The van der Waals surface area contributed by atoms with Crippen LogP contribution in [0.2, 0.25) is 0 Å². The highest BCUT2D eigenvalue weighted by Crippen LogP contribution is 2.32. The van der Waals surface area contributed by atoms with E-state index in [1.54, 1.807) is 0 Å². The summed E-state index contributed by atoms with van der Waals surface area (Å²) in [6.07, 6.45) is -4.38. The van der Waals surface area contributed by atoms with Gasteiger partial charge in [0.25, 0.3) is 0 Å². The molecule has 0 saturated carbocycles. The molecule has 0 unspecified atom stereocenters. The van der Waals surface area contributed by atoms with E-state index < -0.39 is 17.6 Å². The van der Waals surface area contributed by atoms with Crippen LogP contribution in [0.5, 0.6) is 0 Å². The molecule has 0 saturated heterocycles. The number of benzene rings is 2. The van der Waals surface area contributed by atoms with Crippen molar-refractivity contribution in [3.05, 3.63) is 59.9 Å². The molecule has 2 aromatic rings. The minimum atomic E-state index is -4.38. The molecule has 0 fully saturated rings. The van der Waals surface area contributed by atoms with E-state index in [-0.39, 0.29) is 0 Å². The Morgan fingerprint density at radius 3 is 2.29 bits per heavy atom.